The van der Waals surface area contributed by atoms with E-state index in [1.807, 2.05) is 19.1 Å². The van der Waals surface area contributed by atoms with Crippen LogP contribution in [0.3, 0.4) is 0 Å². The van der Waals surface area contributed by atoms with Crippen LogP contribution in [0.4, 0.5) is 4.39 Å². The minimum Gasteiger partial charge on any atom is -0.497 e. The van der Waals surface area contributed by atoms with E-state index in [1.54, 1.807) is 30.2 Å². The van der Waals surface area contributed by atoms with Crippen molar-refractivity contribution in [3.63, 3.8) is 0 Å². The summed E-state index contributed by atoms with van der Waals surface area (Å²) in [6, 6.07) is 11.7. The van der Waals surface area contributed by atoms with E-state index >= 15 is 0 Å². The first kappa shape index (κ1) is 17.5. The molecule has 4 rings (SSSR count). The molecule has 1 amide bonds. The first-order valence-electron chi connectivity index (χ1n) is 8.80. The zero-order valence-electron chi connectivity index (χ0n) is 15.2. The van der Waals surface area contributed by atoms with Gasteiger partial charge in [-0.15, -0.1) is 0 Å². The summed E-state index contributed by atoms with van der Waals surface area (Å²) in [5.41, 5.74) is 2.28. The van der Waals surface area contributed by atoms with Gasteiger partial charge >= 0.3 is 0 Å². The van der Waals surface area contributed by atoms with Crippen molar-refractivity contribution in [3.05, 3.63) is 65.2 Å². The highest BCUT2D eigenvalue weighted by molar-refractivity contribution is 5.99. The van der Waals surface area contributed by atoms with Crippen LogP contribution >= 0.6 is 0 Å². The van der Waals surface area contributed by atoms with Gasteiger partial charge < -0.3 is 18.8 Å². The molecule has 1 atom stereocenters. The molecule has 0 bridgehead atoms. The third-order valence-electron chi connectivity index (χ3n) is 4.94. The highest BCUT2D eigenvalue weighted by Gasteiger charge is 2.29. The van der Waals surface area contributed by atoms with Crippen molar-refractivity contribution in [2.45, 2.75) is 13.0 Å². The minimum atomic E-state index is -0.296. The number of methoxy groups -OCH3 is 1. The number of amides is 1. The van der Waals surface area contributed by atoms with Gasteiger partial charge in [0.15, 0.2) is 5.76 Å². The second kappa shape index (κ2) is 7.04. The fourth-order valence-corrected chi connectivity index (χ4v) is 3.39. The van der Waals surface area contributed by atoms with Crippen molar-refractivity contribution >= 4 is 16.9 Å². The lowest BCUT2D eigenvalue weighted by Gasteiger charge is -2.32. The van der Waals surface area contributed by atoms with E-state index in [0.717, 1.165) is 16.5 Å². The Labute approximate surface area is 156 Å². The van der Waals surface area contributed by atoms with Crippen LogP contribution in [0, 0.1) is 12.7 Å². The maximum absolute atomic E-state index is 13.2. The maximum Gasteiger partial charge on any atom is 0.290 e. The van der Waals surface area contributed by atoms with E-state index < -0.39 is 0 Å². The molecule has 0 unspecified atom stereocenters. The Hall–Kier alpha value is -2.86. The molecule has 27 heavy (non-hydrogen) atoms. The first-order valence-corrected chi connectivity index (χ1v) is 8.80. The van der Waals surface area contributed by atoms with Crippen molar-refractivity contribution in [3.8, 4) is 5.75 Å². The number of nitrogens with zero attached hydrogens (tertiary/aromatic N) is 1. The van der Waals surface area contributed by atoms with Crippen LogP contribution in [-0.2, 0) is 4.74 Å². The highest BCUT2D eigenvalue weighted by atomic mass is 19.1. The molecule has 6 heteroatoms. The number of carbonyl (C=O) groups excluding carboxylic acids is 1. The molecule has 3 aromatic rings. The lowest BCUT2D eigenvalue weighted by Crippen LogP contribution is -2.42. The van der Waals surface area contributed by atoms with Gasteiger partial charge in [-0.2, -0.15) is 0 Å². The van der Waals surface area contributed by atoms with Crippen molar-refractivity contribution in [1.82, 2.24) is 4.90 Å². The Bertz CT molecular complexity index is 980. The number of furan rings is 1. The number of rotatable bonds is 3. The monoisotopic (exact) mass is 369 g/mol. The molecule has 1 aliphatic heterocycles. The second-order valence-electron chi connectivity index (χ2n) is 6.58. The van der Waals surface area contributed by atoms with Crippen molar-refractivity contribution in [2.24, 2.45) is 0 Å². The minimum absolute atomic E-state index is 0.168. The molecular formula is C21H20FNO4. The lowest BCUT2D eigenvalue weighted by atomic mass is 10.1. The molecule has 1 aromatic heterocycles. The fraction of sp³-hybridized carbons (Fsp3) is 0.286. The highest BCUT2D eigenvalue weighted by Crippen LogP contribution is 2.30. The van der Waals surface area contributed by atoms with Gasteiger partial charge in [0.2, 0.25) is 0 Å². The molecule has 0 saturated carbocycles. The van der Waals surface area contributed by atoms with Gasteiger partial charge in [0, 0.05) is 23.6 Å². The smallest absolute Gasteiger partial charge is 0.290 e. The zero-order chi connectivity index (χ0) is 19.0. The van der Waals surface area contributed by atoms with Crippen LogP contribution in [0.15, 0.2) is 46.9 Å². The summed E-state index contributed by atoms with van der Waals surface area (Å²) >= 11 is 0. The van der Waals surface area contributed by atoms with Gasteiger partial charge in [-0.05, 0) is 36.8 Å². The van der Waals surface area contributed by atoms with E-state index in [0.29, 0.717) is 36.8 Å². The normalized spacial score (nSPS) is 17.3. The number of halogens is 1. The standard InChI is InChI=1S/C21H20FNO4/c1-13-17-8-7-16(25-2)11-18(17)27-20(13)21(24)23-9-10-26-19(12-23)14-3-5-15(22)6-4-14/h3-8,11,19H,9-10,12H2,1-2H3/t19-/m0/s1. The van der Waals surface area contributed by atoms with Gasteiger partial charge in [-0.3, -0.25) is 4.79 Å². The molecule has 2 heterocycles. The molecule has 1 saturated heterocycles. The van der Waals surface area contributed by atoms with Crippen molar-refractivity contribution < 1.29 is 23.1 Å². The Morgan fingerprint density at radius 3 is 2.74 bits per heavy atom. The van der Waals surface area contributed by atoms with E-state index in [1.165, 1.54) is 12.1 Å². The molecule has 0 radical (unpaired) electrons. The average molecular weight is 369 g/mol. The van der Waals surface area contributed by atoms with Crippen LogP contribution in [-0.4, -0.2) is 37.6 Å². The molecule has 5 nitrogen and oxygen atoms in total. The summed E-state index contributed by atoms with van der Waals surface area (Å²) in [4.78, 5) is 14.8. The van der Waals surface area contributed by atoms with E-state index in [-0.39, 0.29) is 17.8 Å². The molecule has 1 fully saturated rings. The lowest BCUT2D eigenvalue weighted by molar-refractivity contribution is -0.0237. The summed E-state index contributed by atoms with van der Waals surface area (Å²) in [5, 5.41) is 0.891. The van der Waals surface area contributed by atoms with Gasteiger partial charge in [0.05, 0.1) is 20.3 Å². The summed E-state index contributed by atoms with van der Waals surface area (Å²) in [6.45, 7) is 3.17. The van der Waals surface area contributed by atoms with Crippen molar-refractivity contribution in [2.75, 3.05) is 26.8 Å². The predicted octanol–water partition coefficient (Wildman–Crippen LogP) is 4.10. The number of benzene rings is 2. The number of carbonyl (C=O) groups is 1. The number of aryl methyl sites for hydroxylation is 1. The number of hydrogen-bond acceptors (Lipinski definition) is 4. The van der Waals surface area contributed by atoms with Crippen molar-refractivity contribution in [1.29, 1.82) is 0 Å². The quantitative estimate of drug-likeness (QED) is 0.697. The molecule has 0 aliphatic carbocycles. The van der Waals surface area contributed by atoms with Crippen LogP contribution < -0.4 is 4.74 Å². The van der Waals surface area contributed by atoms with Crippen LogP contribution in [0.2, 0.25) is 0 Å². The Morgan fingerprint density at radius 2 is 2.00 bits per heavy atom. The number of fused-ring (bicyclic) bond motifs is 1. The Morgan fingerprint density at radius 1 is 1.22 bits per heavy atom. The van der Waals surface area contributed by atoms with Crippen LogP contribution in [0.25, 0.3) is 11.0 Å². The number of morpholine rings is 1. The number of hydrogen-bond donors (Lipinski definition) is 0. The van der Waals surface area contributed by atoms with E-state index in [9.17, 15) is 9.18 Å². The van der Waals surface area contributed by atoms with E-state index in [4.69, 9.17) is 13.9 Å². The average Bonchev–Trinajstić information content (AvgIpc) is 3.04. The third-order valence-corrected chi connectivity index (χ3v) is 4.94. The SMILES string of the molecule is COc1ccc2c(C)c(C(=O)N3CCO[C@H](c4ccc(F)cc4)C3)oc2c1. The van der Waals surface area contributed by atoms with Gasteiger partial charge in [-0.25, -0.2) is 4.39 Å². The number of ether oxygens (including phenoxy) is 2. The molecule has 140 valence electrons. The molecule has 1 aliphatic rings. The van der Waals surface area contributed by atoms with Gasteiger partial charge in [0.25, 0.3) is 5.91 Å². The van der Waals surface area contributed by atoms with Crippen LogP contribution in [0.5, 0.6) is 5.75 Å². The Balaban J connectivity index is 1.59. The molecular weight excluding hydrogens is 349 g/mol. The zero-order valence-corrected chi connectivity index (χ0v) is 15.2. The molecule has 2 aromatic carbocycles. The predicted molar refractivity (Wildman–Crippen MR) is 98.5 cm³/mol. The second-order valence-corrected chi connectivity index (χ2v) is 6.58. The summed E-state index contributed by atoms with van der Waals surface area (Å²) < 4.78 is 30.0. The topological polar surface area (TPSA) is 51.9 Å². The summed E-state index contributed by atoms with van der Waals surface area (Å²) in [5.74, 6) is 0.546. The fourth-order valence-electron chi connectivity index (χ4n) is 3.39. The molecule has 0 spiro atoms. The summed E-state index contributed by atoms with van der Waals surface area (Å²) in [6.07, 6.45) is -0.284. The summed E-state index contributed by atoms with van der Waals surface area (Å²) in [7, 11) is 1.59. The van der Waals surface area contributed by atoms with Gasteiger partial charge in [-0.1, -0.05) is 12.1 Å². The largest absolute Gasteiger partial charge is 0.497 e. The Kier molecular flexibility index (Phi) is 4.58. The van der Waals surface area contributed by atoms with E-state index in [2.05, 4.69) is 0 Å². The third kappa shape index (κ3) is 3.28. The first-order chi connectivity index (χ1) is 13.1. The van der Waals surface area contributed by atoms with Crippen LogP contribution in [0.1, 0.15) is 27.8 Å². The van der Waals surface area contributed by atoms with Gasteiger partial charge in [0.1, 0.15) is 23.3 Å². The molecule has 0 N–H and O–H groups in total. The maximum atomic E-state index is 13.2.